The van der Waals surface area contributed by atoms with Crippen molar-refractivity contribution in [3.8, 4) is 5.75 Å². The van der Waals surface area contributed by atoms with E-state index in [0.717, 1.165) is 42.4 Å². The zero-order chi connectivity index (χ0) is 33.6. The van der Waals surface area contributed by atoms with Gasteiger partial charge in [-0.1, -0.05) is 106 Å². The molecule has 2 bridgehead atoms. The fourth-order valence-electron chi connectivity index (χ4n) is 8.06. The molecule has 1 aliphatic heterocycles. The van der Waals surface area contributed by atoms with Crippen LogP contribution in [0.15, 0.2) is 12.1 Å². The zero-order valence-electron chi connectivity index (χ0n) is 29.8. The minimum Gasteiger partial charge on any atom is -0.507 e. The highest BCUT2D eigenvalue weighted by molar-refractivity contribution is 7.99. The van der Waals surface area contributed by atoms with Crippen LogP contribution in [0.1, 0.15) is 149 Å². The van der Waals surface area contributed by atoms with Gasteiger partial charge in [-0.25, -0.2) is 0 Å². The lowest BCUT2D eigenvalue weighted by atomic mass is 9.78. The van der Waals surface area contributed by atoms with Crippen molar-refractivity contribution >= 4 is 29.5 Å². The molecule has 1 aromatic carbocycles. The molecular weight excluding hydrogens is 594 g/mol. The van der Waals surface area contributed by atoms with Gasteiger partial charge in [-0.15, -0.1) is 0 Å². The van der Waals surface area contributed by atoms with Gasteiger partial charge in [0.1, 0.15) is 5.75 Å². The van der Waals surface area contributed by atoms with Crippen LogP contribution < -0.4 is 0 Å². The van der Waals surface area contributed by atoms with E-state index >= 15 is 0 Å². The number of likely N-dealkylation sites (tertiary alicyclic amines) is 1. The number of rotatable bonds is 17. The Hall–Kier alpha value is -2.02. The molecule has 1 N–H and O–H groups in total. The third kappa shape index (κ3) is 8.90. The lowest BCUT2D eigenvalue weighted by Gasteiger charge is -2.29. The first-order valence-electron chi connectivity index (χ1n) is 18.2. The molecular formula is C39H61NO5S. The summed E-state index contributed by atoms with van der Waals surface area (Å²) >= 11 is 1.79. The Morgan fingerprint density at radius 2 is 1.39 bits per heavy atom. The zero-order valence-corrected chi connectivity index (χ0v) is 30.6. The van der Waals surface area contributed by atoms with Gasteiger partial charge >= 0.3 is 5.97 Å². The van der Waals surface area contributed by atoms with Gasteiger partial charge < -0.3 is 9.84 Å². The molecule has 1 heterocycles. The molecule has 5 unspecified atom stereocenters. The maximum Gasteiger partial charge on any atom is 0.306 e. The van der Waals surface area contributed by atoms with E-state index < -0.39 is 0 Å². The van der Waals surface area contributed by atoms with Gasteiger partial charge in [0.2, 0.25) is 11.8 Å². The van der Waals surface area contributed by atoms with Crippen molar-refractivity contribution in [3.05, 3.63) is 28.8 Å². The molecule has 2 amide bonds. The topological polar surface area (TPSA) is 83.9 Å². The summed E-state index contributed by atoms with van der Waals surface area (Å²) < 4.78 is 5.50. The number of esters is 1. The van der Waals surface area contributed by atoms with Gasteiger partial charge in [0.25, 0.3) is 0 Å². The first kappa shape index (κ1) is 36.8. The van der Waals surface area contributed by atoms with Crippen molar-refractivity contribution in [2.45, 2.75) is 155 Å². The highest BCUT2D eigenvalue weighted by atomic mass is 32.2. The van der Waals surface area contributed by atoms with Crippen molar-refractivity contribution in [3.63, 3.8) is 0 Å². The number of unbranched alkanes of at least 4 members (excludes halogenated alkanes) is 9. The molecule has 3 aliphatic rings. The minimum atomic E-state index is -0.279. The Bertz CT molecular complexity index is 1180. The molecule has 3 fully saturated rings. The van der Waals surface area contributed by atoms with Crippen molar-refractivity contribution in [2.24, 2.45) is 23.7 Å². The summed E-state index contributed by atoms with van der Waals surface area (Å²) in [6, 6.07) is 3.95. The maximum atomic E-state index is 13.8. The fourth-order valence-corrected chi connectivity index (χ4v) is 9.56. The largest absolute Gasteiger partial charge is 0.507 e. The summed E-state index contributed by atoms with van der Waals surface area (Å²) in [5, 5.41) is 11.4. The lowest BCUT2D eigenvalue weighted by Crippen LogP contribution is -2.33. The molecule has 46 heavy (non-hydrogen) atoms. The molecule has 1 saturated heterocycles. The number of nitrogens with zero attached hydrogens (tertiary/aromatic N) is 1. The number of thioether (sulfide) groups is 1. The molecule has 0 radical (unpaired) electrons. The normalized spacial score (nSPS) is 24.2. The number of carbonyl (C=O) groups excluding carboxylic acids is 3. The molecule has 0 aromatic heterocycles. The predicted octanol–water partition coefficient (Wildman–Crippen LogP) is 9.08. The van der Waals surface area contributed by atoms with Crippen LogP contribution in [0.3, 0.4) is 0 Å². The van der Waals surface area contributed by atoms with E-state index in [9.17, 15) is 19.5 Å². The molecule has 5 atom stereocenters. The molecule has 4 rings (SSSR count). The average molecular weight is 656 g/mol. The van der Waals surface area contributed by atoms with E-state index in [1.807, 2.05) is 12.1 Å². The third-order valence-electron chi connectivity index (χ3n) is 10.6. The second-order valence-electron chi connectivity index (χ2n) is 16.3. The number of imide groups is 1. The van der Waals surface area contributed by atoms with Crippen molar-refractivity contribution < 1.29 is 24.2 Å². The summed E-state index contributed by atoms with van der Waals surface area (Å²) in [7, 11) is 0. The lowest BCUT2D eigenvalue weighted by molar-refractivity contribution is -0.143. The van der Waals surface area contributed by atoms with E-state index in [2.05, 4.69) is 48.5 Å². The second-order valence-corrected chi connectivity index (χ2v) is 17.7. The minimum absolute atomic E-state index is 0.0239. The number of hydrogen-bond acceptors (Lipinski definition) is 6. The van der Waals surface area contributed by atoms with E-state index in [-0.39, 0.29) is 58.8 Å². The van der Waals surface area contributed by atoms with Crippen LogP contribution in [-0.4, -0.2) is 45.4 Å². The van der Waals surface area contributed by atoms with Crippen LogP contribution >= 0.6 is 11.8 Å². The highest BCUT2D eigenvalue weighted by Crippen LogP contribution is 2.59. The van der Waals surface area contributed by atoms with Crippen LogP contribution in [0.4, 0.5) is 0 Å². The number of hydrogen-bond donors (Lipinski definition) is 1. The monoisotopic (exact) mass is 655 g/mol. The number of fused-ring (bicyclic) bond motifs is 5. The van der Waals surface area contributed by atoms with Gasteiger partial charge in [-0.05, 0) is 70.8 Å². The summed E-state index contributed by atoms with van der Waals surface area (Å²) in [4.78, 5) is 41.3. The number of amides is 2. The van der Waals surface area contributed by atoms with Crippen molar-refractivity contribution in [1.82, 2.24) is 4.90 Å². The molecule has 1 aromatic rings. The van der Waals surface area contributed by atoms with Gasteiger partial charge in [0.05, 0.1) is 31.4 Å². The van der Waals surface area contributed by atoms with E-state index in [0.29, 0.717) is 29.8 Å². The number of carbonyl (C=O) groups is 3. The van der Waals surface area contributed by atoms with Crippen LogP contribution in [0.5, 0.6) is 5.75 Å². The van der Waals surface area contributed by atoms with E-state index in [1.54, 1.807) is 11.8 Å². The number of phenolic OH excluding ortho intramolecular Hbond substituents is 1. The number of phenols is 1. The van der Waals surface area contributed by atoms with Crippen LogP contribution in [-0.2, 0) is 36.5 Å². The van der Waals surface area contributed by atoms with E-state index in [1.165, 1.54) is 56.3 Å². The maximum absolute atomic E-state index is 13.8. The highest BCUT2D eigenvalue weighted by Gasteiger charge is 2.63. The van der Waals surface area contributed by atoms with Gasteiger partial charge in [0.15, 0.2) is 0 Å². The number of aromatic hydroxyl groups is 1. The average Bonchev–Trinajstić information content (AvgIpc) is 3.63. The molecule has 258 valence electrons. The SMILES string of the molecule is CCCCCCCCCCCCOC(=O)CCSC1CC2CC1C1C(=O)N(Cc3cc(C(C)(C)C)c(O)c(C(C)(C)C)c3)C(=O)C21. The Morgan fingerprint density at radius 1 is 0.848 bits per heavy atom. The second kappa shape index (κ2) is 15.9. The Morgan fingerprint density at radius 3 is 1.96 bits per heavy atom. The van der Waals surface area contributed by atoms with Gasteiger partial charge in [0, 0.05) is 11.0 Å². The Kier molecular flexibility index (Phi) is 12.7. The van der Waals surface area contributed by atoms with Crippen LogP contribution in [0.25, 0.3) is 0 Å². The van der Waals surface area contributed by atoms with Crippen molar-refractivity contribution in [1.29, 1.82) is 0 Å². The molecule has 2 aliphatic carbocycles. The van der Waals surface area contributed by atoms with Crippen molar-refractivity contribution in [2.75, 3.05) is 12.4 Å². The molecule has 0 spiro atoms. The summed E-state index contributed by atoms with van der Waals surface area (Å²) in [5.74, 6) is 0.811. The smallest absolute Gasteiger partial charge is 0.306 e. The summed E-state index contributed by atoms with van der Waals surface area (Å²) in [6.07, 6.45) is 14.9. The molecule has 2 saturated carbocycles. The van der Waals surface area contributed by atoms with Crippen LogP contribution in [0.2, 0.25) is 0 Å². The Balaban J connectivity index is 1.22. The third-order valence-corrected chi connectivity index (χ3v) is 12.0. The first-order valence-corrected chi connectivity index (χ1v) is 19.3. The predicted molar refractivity (Wildman–Crippen MR) is 188 cm³/mol. The van der Waals surface area contributed by atoms with Crippen LogP contribution in [0, 0.1) is 23.7 Å². The fraction of sp³-hybridized carbons (Fsp3) is 0.769. The van der Waals surface area contributed by atoms with E-state index in [4.69, 9.17) is 4.74 Å². The Labute approximate surface area is 283 Å². The molecule has 7 heteroatoms. The standard InChI is InChI=1S/C39H61NO5S/c1-8-9-10-11-12-13-14-15-16-17-19-45-32(41)18-20-46-31-24-27-23-28(31)34-33(27)36(43)40(37(34)44)25-26-21-29(38(2,3)4)35(42)30(22-26)39(5,6)7/h21-22,27-28,31,33-34,42H,8-20,23-25H2,1-7H3. The quantitative estimate of drug-likeness (QED) is 0.102. The van der Waals surface area contributed by atoms with Gasteiger partial charge in [-0.2, -0.15) is 11.8 Å². The summed E-state index contributed by atoms with van der Waals surface area (Å²) in [6.45, 7) is 15.4. The summed E-state index contributed by atoms with van der Waals surface area (Å²) in [5.41, 5.74) is 2.02. The van der Waals surface area contributed by atoms with Gasteiger partial charge in [-0.3, -0.25) is 19.3 Å². The first-order chi connectivity index (χ1) is 21.7. The number of benzene rings is 1. The number of ether oxygens (including phenoxy) is 1. The molecule has 6 nitrogen and oxygen atoms in total.